The number of anilines is 2. The van der Waals surface area contributed by atoms with Gasteiger partial charge in [-0.05, 0) is 38.4 Å². The highest BCUT2D eigenvalue weighted by Crippen LogP contribution is 2.35. The molecule has 2 saturated heterocycles. The van der Waals surface area contributed by atoms with E-state index in [1.54, 1.807) is 0 Å². The first-order valence-corrected chi connectivity index (χ1v) is 7.05. The Hall–Kier alpha value is -0.930. The number of hydrogen-bond acceptors (Lipinski definition) is 3. The molecule has 2 unspecified atom stereocenters. The van der Waals surface area contributed by atoms with Crippen molar-refractivity contribution in [2.75, 3.05) is 30.8 Å². The standard InChI is InChI=1S/C14H20ClN3/c1-17-10-5-6-11(17)9-18(8-7-10)13-4-2-3-12(15)14(13)16/h2-4,10-11H,5-9,16H2,1H3. The second-order valence-electron chi connectivity index (χ2n) is 5.46. The van der Waals surface area contributed by atoms with E-state index in [0.29, 0.717) is 11.1 Å². The molecular weight excluding hydrogens is 246 g/mol. The Bertz CT molecular complexity index is 449. The highest BCUT2D eigenvalue weighted by atomic mass is 35.5. The van der Waals surface area contributed by atoms with Crippen LogP contribution >= 0.6 is 11.6 Å². The summed E-state index contributed by atoms with van der Waals surface area (Å²) < 4.78 is 0. The van der Waals surface area contributed by atoms with Gasteiger partial charge in [-0.2, -0.15) is 0 Å². The molecule has 1 aromatic rings. The van der Waals surface area contributed by atoms with Crippen molar-refractivity contribution in [1.29, 1.82) is 0 Å². The lowest BCUT2D eigenvalue weighted by Crippen LogP contribution is -2.36. The van der Waals surface area contributed by atoms with E-state index in [9.17, 15) is 0 Å². The van der Waals surface area contributed by atoms with Gasteiger partial charge in [0.05, 0.1) is 16.4 Å². The molecule has 2 fully saturated rings. The summed E-state index contributed by atoms with van der Waals surface area (Å²) in [6.07, 6.45) is 3.87. The molecule has 0 radical (unpaired) electrons. The fourth-order valence-corrected chi connectivity index (χ4v) is 3.50. The van der Waals surface area contributed by atoms with E-state index < -0.39 is 0 Å². The summed E-state index contributed by atoms with van der Waals surface area (Å²) in [4.78, 5) is 4.95. The van der Waals surface area contributed by atoms with Crippen molar-refractivity contribution in [2.45, 2.75) is 31.3 Å². The third kappa shape index (κ3) is 1.95. The second kappa shape index (κ2) is 4.63. The second-order valence-corrected chi connectivity index (χ2v) is 5.86. The van der Waals surface area contributed by atoms with Crippen LogP contribution in [-0.2, 0) is 0 Å². The van der Waals surface area contributed by atoms with Gasteiger partial charge < -0.3 is 10.6 Å². The molecule has 0 saturated carbocycles. The monoisotopic (exact) mass is 265 g/mol. The van der Waals surface area contributed by atoms with Crippen LogP contribution in [0.4, 0.5) is 11.4 Å². The quantitative estimate of drug-likeness (QED) is 0.793. The number of fused-ring (bicyclic) bond motifs is 2. The van der Waals surface area contributed by atoms with Gasteiger partial charge in [0.25, 0.3) is 0 Å². The van der Waals surface area contributed by atoms with Gasteiger partial charge in [-0.15, -0.1) is 0 Å². The molecule has 4 heteroatoms. The molecule has 2 aliphatic rings. The first kappa shape index (κ1) is 12.1. The van der Waals surface area contributed by atoms with Gasteiger partial charge in [0, 0.05) is 25.2 Å². The van der Waals surface area contributed by atoms with Gasteiger partial charge in [-0.3, -0.25) is 4.90 Å². The zero-order valence-electron chi connectivity index (χ0n) is 10.8. The van der Waals surface area contributed by atoms with Gasteiger partial charge in [0.15, 0.2) is 0 Å². The lowest BCUT2D eigenvalue weighted by atomic mass is 10.1. The maximum Gasteiger partial charge on any atom is 0.0741 e. The van der Waals surface area contributed by atoms with Crippen LogP contribution in [0.25, 0.3) is 0 Å². The van der Waals surface area contributed by atoms with Gasteiger partial charge >= 0.3 is 0 Å². The van der Waals surface area contributed by atoms with Crippen molar-refractivity contribution in [1.82, 2.24) is 4.90 Å². The number of para-hydroxylation sites is 1. The SMILES string of the molecule is CN1C2CCC1CN(c1cccc(Cl)c1N)CC2. The Balaban J connectivity index is 1.87. The number of likely N-dealkylation sites (N-methyl/N-ethyl adjacent to an activating group) is 1. The Kier molecular flexibility index (Phi) is 3.12. The fraction of sp³-hybridized carbons (Fsp3) is 0.571. The normalized spacial score (nSPS) is 28.4. The molecule has 3 rings (SSSR count). The van der Waals surface area contributed by atoms with E-state index >= 15 is 0 Å². The summed E-state index contributed by atoms with van der Waals surface area (Å²) >= 11 is 6.12. The van der Waals surface area contributed by atoms with Crippen LogP contribution in [-0.4, -0.2) is 37.1 Å². The van der Waals surface area contributed by atoms with Crippen molar-refractivity contribution in [3.05, 3.63) is 23.2 Å². The maximum absolute atomic E-state index is 6.12. The molecule has 1 aromatic carbocycles. The summed E-state index contributed by atoms with van der Waals surface area (Å²) in [6.45, 7) is 2.15. The molecule has 2 N–H and O–H groups in total. The number of benzene rings is 1. The topological polar surface area (TPSA) is 32.5 Å². The van der Waals surface area contributed by atoms with E-state index in [-0.39, 0.29) is 0 Å². The van der Waals surface area contributed by atoms with Crippen molar-refractivity contribution >= 4 is 23.0 Å². The molecule has 0 amide bonds. The minimum absolute atomic E-state index is 0.662. The molecule has 3 nitrogen and oxygen atoms in total. The highest BCUT2D eigenvalue weighted by Gasteiger charge is 2.35. The fourth-order valence-electron chi connectivity index (χ4n) is 3.33. The molecule has 18 heavy (non-hydrogen) atoms. The summed E-state index contributed by atoms with van der Waals surface area (Å²) in [5.41, 5.74) is 7.93. The molecular formula is C14H20ClN3. The molecule has 2 aliphatic heterocycles. The van der Waals surface area contributed by atoms with Crippen LogP contribution < -0.4 is 10.6 Å². The number of nitrogens with zero attached hydrogens (tertiary/aromatic N) is 2. The van der Waals surface area contributed by atoms with Crippen LogP contribution in [0, 0.1) is 0 Å². The van der Waals surface area contributed by atoms with E-state index in [0.717, 1.165) is 30.5 Å². The van der Waals surface area contributed by atoms with E-state index in [1.165, 1.54) is 19.3 Å². The predicted molar refractivity (Wildman–Crippen MR) is 77.3 cm³/mol. The van der Waals surface area contributed by atoms with Gasteiger partial charge in [-0.1, -0.05) is 17.7 Å². The molecule has 0 spiro atoms. The summed E-state index contributed by atoms with van der Waals surface area (Å²) in [6, 6.07) is 7.34. The van der Waals surface area contributed by atoms with Crippen LogP contribution in [0.3, 0.4) is 0 Å². The number of hydrogen-bond donors (Lipinski definition) is 1. The Morgan fingerprint density at radius 1 is 1.22 bits per heavy atom. The number of nitrogens with two attached hydrogens (primary N) is 1. The molecule has 2 atom stereocenters. The average molecular weight is 266 g/mol. The Labute approximate surface area is 114 Å². The largest absolute Gasteiger partial charge is 0.396 e. The minimum Gasteiger partial charge on any atom is -0.396 e. The highest BCUT2D eigenvalue weighted by molar-refractivity contribution is 6.33. The number of nitrogen functional groups attached to an aromatic ring is 1. The molecule has 0 aromatic heterocycles. The molecule has 2 bridgehead atoms. The van der Waals surface area contributed by atoms with Crippen LogP contribution in [0.15, 0.2) is 18.2 Å². The summed E-state index contributed by atoms with van der Waals surface area (Å²) in [7, 11) is 2.26. The first-order chi connectivity index (χ1) is 8.66. The lowest BCUT2D eigenvalue weighted by Gasteiger charge is -2.28. The minimum atomic E-state index is 0.662. The summed E-state index contributed by atoms with van der Waals surface area (Å²) in [5.74, 6) is 0. The number of halogens is 1. The van der Waals surface area contributed by atoms with Crippen molar-refractivity contribution in [3.63, 3.8) is 0 Å². The Morgan fingerprint density at radius 3 is 2.83 bits per heavy atom. The lowest BCUT2D eigenvalue weighted by molar-refractivity contribution is 0.254. The zero-order chi connectivity index (χ0) is 12.7. The van der Waals surface area contributed by atoms with E-state index in [4.69, 9.17) is 17.3 Å². The smallest absolute Gasteiger partial charge is 0.0741 e. The Morgan fingerprint density at radius 2 is 2.00 bits per heavy atom. The van der Waals surface area contributed by atoms with Crippen LogP contribution in [0.2, 0.25) is 5.02 Å². The molecule has 98 valence electrons. The van der Waals surface area contributed by atoms with Crippen LogP contribution in [0.5, 0.6) is 0 Å². The van der Waals surface area contributed by atoms with Gasteiger partial charge in [-0.25, -0.2) is 0 Å². The number of rotatable bonds is 1. The van der Waals surface area contributed by atoms with E-state index in [1.807, 2.05) is 12.1 Å². The third-order valence-corrected chi connectivity index (χ3v) is 4.85. The first-order valence-electron chi connectivity index (χ1n) is 6.67. The molecule has 2 heterocycles. The third-order valence-electron chi connectivity index (χ3n) is 4.52. The summed E-state index contributed by atoms with van der Waals surface area (Å²) in [5, 5.41) is 0.662. The predicted octanol–water partition coefficient (Wildman–Crippen LogP) is 2.60. The van der Waals surface area contributed by atoms with Crippen molar-refractivity contribution in [2.24, 2.45) is 0 Å². The van der Waals surface area contributed by atoms with Crippen molar-refractivity contribution in [3.8, 4) is 0 Å². The molecule has 0 aliphatic carbocycles. The van der Waals surface area contributed by atoms with Crippen LogP contribution in [0.1, 0.15) is 19.3 Å². The zero-order valence-corrected chi connectivity index (χ0v) is 11.5. The van der Waals surface area contributed by atoms with Gasteiger partial charge in [0.2, 0.25) is 0 Å². The average Bonchev–Trinajstić information content (AvgIpc) is 2.58. The van der Waals surface area contributed by atoms with Gasteiger partial charge in [0.1, 0.15) is 0 Å². The van der Waals surface area contributed by atoms with Crippen molar-refractivity contribution < 1.29 is 0 Å². The maximum atomic E-state index is 6.12. The van der Waals surface area contributed by atoms with E-state index in [2.05, 4.69) is 22.9 Å².